The van der Waals surface area contributed by atoms with Crippen molar-refractivity contribution in [3.63, 3.8) is 0 Å². The first-order valence-corrected chi connectivity index (χ1v) is 8.15. The second-order valence-corrected chi connectivity index (χ2v) is 6.01. The van der Waals surface area contributed by atoms with Crippen LogP contribution in [-0.2, 0) is 0 Å². The normalized spacial score (nSPS) is 11.0. The highest BCUT2D eigenvalue weighted by Crippen LogP contribution is 2.37. The third-order valence-corrected chi connectivity index (χ3v) is 4.17. The Bertz CT molecular complexity index is 1220. The predicted octanol–water partition coefficient (Wildman–Crippen LogP) is 4.68. The Kier molecular flexibility index (Phi) is 4.19. The highest BCUT2D eigenvalue weighted by atomic mass is 19.1. The number of non-ortho nitro benzene ring substituents is 1. The topological polar surface area (TPSA) is 82.6 Å². The number of nitrogens with zero attached hydrogens (tertiary/aromatic N) is 4. The maximum Gasteiger partial charge on any atom is 0.270 e. The van der Waals surface area contributed by atoms with Crippen LogP contribution in [-0.4, -0.2) is 19.5 Å². The molecule has 0 N–H and O–H groups in total. The fourth-order valence-electron chi connectivity index (χ4n) is 2.79. The molecule has 0 bridgehead atoms. The van der Waals surface area contributed by atoms with E-state index in [1.165, 1.54) is 18.2 Å². The minimum Gasteiger partial charge on any atom is -0.454 e. The molecule has 2 aromatic carbocycles. The summed E-state index contributed by atoms with van der Waals surface area (Å²) in [5, 5.41) is 19.2. The van der Waals surface area contributed by atoms with E-state index in [9.17, 15) is 18.9 Å². The minimum absolute atomic E-state index is 0.150. The number of ether oxygens (including phenoxy) is 1. The van der Waals surface area contributed by atoms with Gasteiger partial charge in [-0.25, -0.2) is 8.78 Å². The first-order chi connectivity index (χ1) is 13.4. The molecule has 0 amide bonds. The molecule has 0 fully saturated rings. The lowest BCUT2D eigenvalue weighted by Crippen LogP contribution is -1.96. The molecule has 0 radical (unpaired) electrons. The quantitative estimate of drug-likeness (QED) is 0.378. The Morgan fingerprint density at radius 2 is 1.82 bits per heavy atom. The summed E-state index contributed by atoms with van der Waals surface area (Å²) in [4.78, 5) is 10.7. The zero-order chi connectivity index (χ0) is 19.8. The Morgan fingerprint density at radius 3 is 2.57 bits per heavy atom. The lowest BCUT2D eigenvalue weighted by molar-refractivity contribution is -0.384. The largest absolute Gasteiger partial charge is 0.454 e. The standard InChI is InChI=1S/C19H12F2N4O3/c1-11-22-23-19-7-2-12(10-24(11)19)15-9-14(25(26)27)4-6-17(15)28-18-5-3-13(20)8-16(18)21/h2-10H,1H3. The average molecular weight is 382 g/mol. The zero-order valence-corrected chi connectivity index (χ0v) is 14.5. The highest BCUT2D eigenvalue weighted by molar-refractivity contribution is 5.74. The number of halogens is 2. The van der Waals surface area contributed by atoms with Crippen LogP contribution >= 0.6 is 0 Å². The second kappa shape index (κ2) is 6.69. The molecule has 0 aliphatic heterocycles. The number of pyridine rings is 1. The van der Waals surface area contributed by atoms with E-state index in [1.54, 1.807) is 29.7 Å². The summed E-state index contributed by atoms with van der Waals surface area (Å²) >= 11 is 0. The van der Waals surface area contributed by atoms with E-state index in [2.05, 4.69) is 10.2 Å². The van der Waals surface area contributed by atoms with Crippen LogP contribution < -0.4 is 4.74 Å². The number of nitro groups is 1. The van der Waals surface area contributed by atoms with Crippen molar-refractivity contribution in [2.75, 3.05) is 0 Å². The molecule has 0 aliphatic rings. The van der Waals surface area contributed by atoms with E-state index in [0.717, 1.165) is 12.1 Å². The van der Waals surface area contributed by atoms with Gasteiger partial charge in [-0.15, -0.1) is 10.2 Å². The van der Waals surface area contributed by atoms with Crippen LogP contribution in [0.1, 0.15) is 5.82 Å². The van der Waals surface area contributed by atoms with E-state index in [4.69, 9.17) is 4.74 Å². The van der Waals surface area contributed by atoms with Crippen LogP contribution in [0.15, 0.2) is 54.7 Å². The van der Waals surface area contributed by atoms with Gasteiger partial charge in [-0.2, -0.15) is 0 Å². The second-order valence-electron chi connectivity index (χ2n) is 6.01. The summed E-state index contributed by atoms with van der Waals surface area (Å²) < 4.78 is 34.5. The number of aromatic nitrogens is 3. The van der Waals surface area contributed by atoms with Crippen LogP contribution in [0.2, 0.25) is 0 Å². The van der Waals surface area contributed by atoms with Crippen LogP contribution in [0.3, 0.4) is 0 Å². The number of fused-ring (bicyclic) bond motifs is 1. The van der Waals surface area contributed by atoms with E-state index < -0.39 is 16.6 Å². The van der Waals surface area contributed by atoms with E-state index in [-0.39, 0.29) is 17.2 Å². The van der Waals surface area contributed by atoms with E-state index in [1.807, 2.05) is 0 Å². The molecule has 7 nitrogen and oxygen atoms in total. The Labute approximate surface area is 157 Å². The molecule has 28 heavy (non-hydrogen) atoms. The fraction of sp³-hybridized carbons (Fsp3) is 0.0526. The van der Waals surface area contributed by atoms with Crippen molar-refractivity contribution < 1.29 is 18.4 Å². The predicted molar refractivity (Wildman–Crippen MR) is 96.2 cm³/mol. The van der Waals surface area contributed by atoms with Crippen molar-refractivity contribution >= 4 is 11.3 Å². The summed E-state index contributed by atoms with van der Waals surface area (Å²) in [6.07, 6.45) is 1.71. The molecular formula is C19H12F2N4O3. The number of benzene rings is 2. The molecule has 4 rings (SSSR count). The van der Waals surface area contributed by atoms with Gasteiger partial charge in [-0.3, -0.25) is 14.5 Å². The molecular weight excluding hydrogens is 370 g/mol. The zero-order valence-electron chi connectivity index (χ0n) is 14.5. The molecule has 9 heteroatoms. The van der Waals surface area contributed by atoms with Gasteiger partial charge in [0.2, 0.25) is 0 Å². The van der Waals surface area contributed by atoms with Gasteiger partial charge in [0.1, 0.15) is 17.4 Å². The number of hydrogen-bond acceptors (Lipinski definition) is 5. The van der Waals surface area contributed by atoms with E-state index >= 15 is 0 Å². The third kappa shape index (κ3) is 3.13. The van der Waals surface area contributed by atoms with Gasteiger partial charge in [0.05, 0.1) is 4.92 Å². The Balaban J connectivity index is 1.86. The lowest BCUT2D eigenvalue weighted by Gasteiger charge is -2.12. The lowest BCUT2D eigenvalue weighted by atomic mass is 10.1. The maximum absolute atomic E-state index is 14.0. The summed E-state index contributed by atoms with van der Waals surface area (Å²) in [6.45, 7) is 1.77. The third-order valence-electron chi connectivity index (χ3n) is 4.17. The smallest absolute Gasteiger partial charge is 0.270 e. The molecule has 0 spiro atoms. The number of hydrogen-bond donors (Lipinski definition) is 0. The van der Waals surface area contributed by atoms with Gasteiger partial charge in [0.15, 0.2) is 17.2 Å². The van der Waals surface area contributed by atoms with Crippen molar-refractivity contribution in [3.05, 3.63) is 82.3 Å². The van der Waals surface area contributed by atoms with Crippen LogP contribution in [0.5, 0.6) is 11.5 Å². The Hall–Kier alpha value is -3.88. The molecule has 0 unspecified atom stereocenters. The number of rotatable bonds is 4. The molecule has 140 valence electrons. The van der Waals surface area contributed by atoms with Gasteiger partial charge in [-0.1, -0.05) is 0 Å². The minimum atomic E-state index is -0.880. The summed E-state index contributed by atoms with van der Waals surface area (Å²) in [6, 6.07) is 10.3. The summed E-state index contributed by atoms with van der Waals surface area (Å²) in [5.41, 5.74) is 1.41. The van der Waals surface area contributed by atoms with Crippen molar-refractivity contribution in [3.8, 4) is 22.6 Å². The van der Waals surface area contributed by atoms with Crippen LogP contribution in [0.25, 0.3) is 16.8 Å². The maximum atomic E-state index is 14.0. The van der Waals surface area contributed by atoms with Crippen LogP contribution in [0.4, 0.5) is 14.5 Å². The van der Waals surface area contributed by atoms with Crippen molar-refractivity contribution in [2.24, 2.45) is 0 Å². The van der Waals surface area contributed by atoms with Gasteiger partial charge in [-0.05, 0) is 37.3 Å². The van der Waals surface area contributed by atoms with Crippen LogP contribution in [0, 0.1) is 28.7 Å². The van der Waals surface area contributed by atoms with Gasteiger partial charge < -0.3 is 4.74 Å². The molecule has 2 aromatic heterocycles. The van der Waals surface area contributed by atoms with Gasteiger partial charge in [0, 0.05) is 35.5 Å². The molecule has 2 heterocycles. The summed E-state index contributed by atoms with van der Waals surface area (Å²) in [5.74, 6) is -0.995. The molecule has 0 saturated heterocycles. The number of aryl methyl sites for hydroxylation is 1. The van der Waals surface area contributed by atoms with E-state index in [0.29, 0.717) is 28.7 Å². The average Bonchev–Trinajstić information content (AvgIpc) is 3.04. The Morgan fingerprint density at radius 1 is 1.04 bits per heavy atom. The van der Waals surface area contributed by atoms with Crippen molar-refractivity contribution in [1.82, 2.24) is 14.6 Å². The monoisotopic (exact) mass is 382 g/mol. The molecule has 4 aromatic rings. The fourth-order valence-corrected chi connectivity index (χ4v) is 2.79. The van der Waals surface area contributed by atoms with Gasteiger partial charge >= 0.3 is 0 Å². The molecule has 0 aliphatic carbocycles. The summed E-state index contributed by atoms with van der Waals surface area (Å²) in [7, 11) is 0. The molecule has 0 saturated carbocycles. The van der Waals surface area contributed by atoms with Crippen molar-refractivity contribution in [1.29, 1.82) is 0 Å². The first kappa shape index (κ1) is 17.5. The van der Waals surface area contributed by atoms with Crippen molar-refractivity contribution in [2.45, 2.75) is 6.92 Å². The first-order valence-electron chi connectivity index (χ1n) is 8.15. The highest BCUT2D eigenvalue weighted by Gasteiger charge is 2.17. The molecule has 0 atom stereocenters. The van der Waals surface area contributed by atoms with Gasteiger partial charge in [0.25, 0.3) is 5.69 Å². The SMILES string of the molecule is Cc1nnc2ccc(-c3cc([N+](=O)[O-])ccc3Oc3ccc(F)cc3F)cn12. The number of nitro benzene ring substituents is 1.